The van der Waals surface area contributed by atoms with Gasteiger partial charge in [-0.25, -0.2) is 4.79 Å². The summed E-state index contributed by atoms with van der Waals surface area (Å²) in [7, 11) is 1.23. The van der Waals surface area contributed by atoms with Crippen LogP contribution in [0.4, 0.5) is 4.79 Å². The van der Waals surface area contributed by atoms with E-state index in [1.54, 1.807) is 6.08 Å². The Morgan fingerprint density at radius 2 is 2.12 bits per heavy atom. The summed E-state index contributed by atoms with van der Waals surface area (Å²) in [6.07, 6.45) is 2.00. The summed E-state index contributed by atoms with van der Waals surface area (Å²) in [6, 6.07) is 0. The number of rotatable bonds is 5. The minimum Gasteiger partial charge on any atom is -0.438 e. The Labute approximate surface area is 95.6 Å². The van der Waals surface area contributed by atoms with Crippen LogP contribution in [0.1, 0.15) is 19.8 Å². The maximum Gasteiger partial charge on any atom is 0.508 e. The number of hydrogen-bond donors (Lipinski definition) is 0. The highest BCUT2D eigenvalue weighted by molar-refractivity contribution is 5.78. The zero-order valence-electron chi connectivity index (χ0n) is 9.62. The number of carbonyl (C=O) groups excluding carboxylic acids is 2. The molecule has 1 atom stereocenters. The zero-order valence-corrected chi connectivity index (χ0v) is 9.62. The predicted molar refractivity (Wildman–Crippen MR) is 59.7 cm³/mol. The fourth-order valence-corrected chi connectivity index (χ4v) is 0.995. The first-order valence-corrected chi connectivity index (χ1v) is 4.89. The standard InChI is InChI=1S/C12H16O4/c1-4-7-11(10(2)13)8-5-6-9-16-12(14)15-3/h4,11H,1,7-9H2,2-3H3. The average Bonchev–Trinajstić information content (AvgIpc) is 2.26. The topological polar surface area (TPSA) is 52.6 Å². The van der Waals surface area contributed by atoms with Gasteiger partial charge in [0.15, 0.2) is 6.61 Å². The van der Waals surface area contributed by atoms with Gasteiger partial charge in [-0.1, -0.05) is 17.9 Å². The molecule has 0 aromatic rings. The second-order valence-corrected chi connectivity index (χ2v) is 3.13. The molecule has 0 aliphatic rings. The van der Waals surface area contributed by atoms with Gasteiger partial charge in [0.1, 0.15) is 5.78 Å². The number of methoxy groups -OCH3 is 1. The molecule has 1 unspecified atom stereocenters. The van der Waals surface area contributed by atoms with E-state index >= 15 is 0 Å². The van der Waals surface area contributed by atoms with Crippen LogP contribution in [0.5, 0.6) is 0 Å². The first-order valence-electron chi connectivity index (χ1n) is 4.89. The quantitative estimate of drug-likeness (QED) is 0.407. The van der Waals surface area contributed by atoms with E-state index in [1.807, 2.05) is 0 Å². The van der Waals surface area contributed by atoms with Gasteiger partial charge in [-0.2, -0.15) is 0 Å². The zero-order chi connectivity index (χ0) is 12.4. The summed E-state index contributed by atoms with van der Waals surface area (Å²) in [5.74, 6) is 5.38. The van der Waals surface area contributed by atoms with E-state index < -0.39 is 6.16 Å². The first-order chi connectivity index (χ1) is 7.61. The first kappa shape index (κ1) is 14.2. The van der Waals surface area contributed by atoms with E-state index in [0.29, 0.717) is 12.8 Å². The third-order valence-corrected chi connectivity index (χ3v) is 1.93. The lowest BCUT2D eigenvalue weighted by molar-refractivity contribution is -0.120. The number of ketones is 1. The molecule has 0 aromatic carbocycles. The molecule has 0 aliphatic carbocycles. The summed E-state index contributed by atoms with van der Waals surface area (Å²) < 4.78 is 8.81. The molecule has 0 aromatic heterocycles. The molecule has 0 amide bonds. The van der Waals surface area contributed by atoms with Gasteiger partial charge in [-0.05, 0) is 13.3 Å². The summed E-state index contributed by atoms with van der Waals surface area (Å²) >= 11 is 0. The molecule has 0 saturated carbocycles. The molecule has 0 N–H and O–H groups in total. The Balaban J connectivity index is 3.91. The van der Waals surface area contributed by atoms with Gasteiger partial charge in [0.2, 0.25) is 0 Å². The second-order valence-electron chi connectivity index (χ2n) is 3.13. The van der Waals surface area contributed by atoms with Crippen molar-refractivity contribution in [3.63, 3.8) is 0 Å². The van der Waals surface area contributed by atoms with Crippen LogP contribution < -0.4 is 0 Å². The average molecular weight is 224 g/mol. The third kappa shape index (κ3) is 6.66. The van der Waals surface area contributed by atoms with Crippen LogP contribution in [-0.2, 0) is 14.3 Å². The van der Waals surface area contributed by atoms with E-state index in [4.69, 9.17) is 0 Å². The molecule has 4 heteroatoms. The van der Waals surface area contributed by atoms with Crippen molar-refractivity contribution < 1.29 is 19.1 Å². The second kappa shape index (κ2) is 8.54. The van der Waals surface area contributed by atoms with Crippen molar-refractivity contribution >= 4 is 11.9 Å². The number of hydrogen-bond acceptors (Lipinski definition) is 4. The molecule has 88 valence electrons. The van der Waals surface area contributed by atoms with Crippen molar-refractivity contribution in [3.8, 4) is 11.8 Å². The normalized spacial score (nSPS) is 10.6. The van der Waals surface area contributed by atoms with E-state index in [9.17, 15) is 9.59 Å². The molecule has 0 fully saturated rings. The van der Waals surface area contributed by atoms with Crippen LogP contribution in [0.2, 0.25) is 0 Å². The molecule has 0 spiro atoms. The van der Waals surface area contributed by atoms with Crippen LogP contribution in [0, 0.1) is 17.8 Å². The molecule has 0 heterocycles. The van der Waals surface area contributed by atoms with Gasteiger partial charge >= 0.3 is 6.16 Å². The lowest BCUT2D eigenvalue weighted by atomic mass is 9.98. The highest BCUT2D eigenvalue weighted by atomic mass is 16.7. The van der Waals surface area contributed by atoms with E-state index in [-0.39, 0.29) is 18.3 Å². The van der Waals surface area contributed by atoms with E-state index in [2.05, 4.69) is 27.9 Å². The van der Waals surface area contributed by atoms with Crippen LogP contribution in [0.15, 0.2) is 12.7 Å². The summed E-state index contributed by atoms with van der Waals surface area (Å²) in [4.78, 5) is 21.7. The smallest absolute Gasteiger partial charge is 0.438 e. The highest BCUT2D eigenvalue weighted by Crippen LogP contribution is 2.09. The maximum absolute atomic E-state index is 11.1. The van der Waals surface area contributed by atoms with Gasteiger partial charge in [0.05, 0.1) is 7.11 Å². The molecule has 0 bridgehead atoms. The fraction of sp³-hybridized carbons (Fsp3) is 0.500. The number of Topliss-reactive ketones (excluding diaryl/α,β-unsaturated/α-hetero) is 1. The van der Waals surface area contributed by atoms with Crippen molar-refractivity contribution in [2.45, 2.75) is 19.8 Å². The van der Waals surface area contributed by atoms with Crippen molar-refractivity contribution in [1.29, 1.82) is 0 Å². The van der Waals surface area contributed by atoms with Crippen LogP contribution in [0.25, 0.3) is 0 Å². The van der Waals surface area contributed by atoms with Gasteiger partial charge in [-0.3, -0.25) is 4.79 Å². The van der Waals surface area contributed by atoms with Crippen LogP contribution >= 0.6 is 0 Å². The number of ether oxygens (including phenoxy) is 2. The van der Waals surface area contributed by atoms with Crippen molar-refractivity contribution in [1.82, 2.24) is 0 Å². The maximum atomic E-state index is 11.1. The van der Waals surface area contributed by atoms with Crippen molar-refractivity contribution in [3.05, 3.63) is 12.7 Å². The van der Waals surface area contributed by atoms with E-state index in [1.165, 1.54) is 14.0 Å². The third-order valence-electron chi connectivity index (χ3n) is 1.93. The van der Waals surface area contributed by atoms with Gasteiger partial charge in [0, 0.05) is 12.3 Å². The Bertz CT molecular complexity index is 309. The lowest BCUT2D eigenvalue weighted by Gasteiger charge is -2.05. The molecule has 0 rings (SSSR count). The molecule has 0 radical (unpaired) electrons. The Kier molecular flexibility index (Phi) is 7.60. The van der Waals surface area contributed by atoms with Gasteiger partial charge in [-0.15, -0.1) is 6.58 Å². The molecular formula is C12H16O4. The predicted octanol–water partition coefficient (Wildman–Crippen LogP) is 1.94. The largest absolute Gasteiger partial charge is 0.508 e. The minimum absolute atomic E-state index is 0.0224. The summed E-state index contributed by atoms with van der Waals surface area (Å²) in [5, 5.41) is 0. The van der Waals surface area contributed by atoms with Crippen LogP contribution in [0.3, 0.4) is 0 Å². The summed E-state index contributed by atoms with van der Waals surface area (Å²) in [6.45, 7) is 5.08. The molecule has 0 aliphatic heterocycles. The van der Waals surface area contributed by atoms with Crippen LogP contribution in [-0.4, -0.2) is 25.7 Å². The lowest BCUT2D eigenvalue weighted by Crippen LogP contribution is -2.09. The Morgan fingerprint density at radius 3 is 2.62 bits per heavy atom. The monoisotopic (exact) mass is 224 g/mol. The van der Waals surface area contributed by atoms with Gasteiger partial charge < -0.3 is 9.47 Å². The highest BCUT2D eigenvalue weighted by Gasteiger charge is 2.09. The SMILES string of the molecule is C=CCC(CC#CCOC(=O)OC)C(C)=O. The van der Waals surface area contributed by atoms with Crippen molar-refractivity contribution in [2.24, 2.45) is 5.92 Å². The molecular weight excluding hydrogens is 208 g/mol. The minimum atomic E-state index is -0.761. The number of allylic oxidation sites excluding steroid dienone is 1. The number of carbonyl (C=O) groups is 2. The Morgan fingerprint density at radius 1 is 1.44 bits per heavy atom. The van der Waals surface area contributed by atoms with Gasteiger partial charge in [0.25, 0.3) is 0 Å². The fourth-order valence-electron chi connectivity index (χ4n) is 0.995. The molecule has 4 nitrogen and oxygen atoms in total. The molecule has 16 heavy (non-hydrogen) atoms. The summed E-state index contributed by atoms with van der Waals surface area (Å²) in [5.41, 5.74) is 0. The Hall–Kier alpha value is -1.76. The molecule has 0 saturated heterocycles. The van der Waals surface area contributed by atoms with Crippen molar-refractivity contribution in [2.75, 3.05) is 13.7 Å². The van der Waals surface area contributed by atoms with E-state index in [0.717, 1.165) is 0 Å².